The molecule has 0 aliphatic carbocycles. The van der Waals surface area contributed by atoms with Crippen molar-refractivity contribution in [2.75, 3.05) is 0 Å². The lowest BCUT2D eigenvalue weighted by molar-refractivity contribution is -0.711. The predicted molar refractivity (Wildman–Crippen MR) is 96.1 cm³/mol. The molecule has 3 rings (SSSR count). The van der Waals surface area contributed by atoms with Crippen LogP contribution in [0.3, 0.4) is 0 Å². The van der Waals surface area contributed by atoms with Crippen molar-refractivity contribution in [1.29, 1.82) is 0 Å². The summed E-state index contributed by atoms with van der Waals surface area (Å²) in [5.41, 5.74) is 5.03. The molecule has 0 radical (unpaired) electrons. The van der Waals surface area contributed by atoms with Crippen LogP contribution in [0.5, 0.6) is 0 Å². The summed E-state index contributed by atoms with van der Waals surface area (Å²) in [6, 6.07) is 26.3. The lowest BCUT2D eigenvalue weighted by atomic mass is 9.98. The van der Waals surface area contributed by atoms with Crippen molar-refractivity contribution >= 4 is 0 Å². The van der Waals surface area contributed by atoms with E-state index in [1.54, 1.807) is 12.1 Å². The molecule has 0 saturated heterocycles. The molecule has 3 heteroatoms. The highest BCUT2D eigenvalue weighted by Crippen LogP contribution is 2.16. The summed E-state index contributed by atoms with van der Waals surface area (Å²) in [6.07, 6.45) is 0.929. The van der Waals surface area contributed by atoms with Crippen molar-refractivity contribution in [3.63, 3.8) is 0 Å². The van der Waals surface area contributed by atoms with Crippen LogP contribution in [-0.4, -0.2) is 0 Å². The number of benzene rings is 3. The van der Waals surface area contributed by atoms with E-state index in [4.69, 9.17) is 0 Å². The number of halogens is 2. The molecular formula is C22H23ClFN. The number of rotatable bonds is 6. The fourth-order valence-corrected chi connectivity index (χ4v) is 2.92. The van der Waals surface area contributed by atoms with Crippen LogP contribution in [-0.2, 0) is 13.0 Å². The van der Waals surface area contributed by atoms with Gasteiger partial charge >= 0.3 is 0 Å². The van der Waals surface area contributed by atoms with Crippen molar-refractivity contribution in [3.8, 4) is 0 Å². The maximum absolute atomic E-state index is 13.3. The standard InChI is InChI=1S/C22H22FN.ClH/c1-17-7-9-18(10-8-17)15-22(20-11-13-21(23)14-12-20)24-16-19-5-3-2-4-6-19;/h2-14,22,24H,15-16H2,1H3;1H/t22-;/m1./s1. The van der Waals surface area contributed by atoms with Crippen LogP contribution in [0.1, 0.15) is 28.3 Å². The van der Waals surface area contributed by atoms with Crippen LogP contribution in [0, 0.1) is 12.7 Å². The van der Waals surface area contributed by atoms with Crippen molar-refractivity contribution in [3.05, 3.63) is 107 Å². The lowest BCUT2D eigenvalue weighted by Crippen LogP contribution is -3.00. The molecule has 0 amide bonds. The van der Waals surface area contributed by atoms with E-state index in [0.29, 0.717) is 0 Å². The van der Waals surface area contributed by atoms with Crippen LogP contribution in [0.15, 0.2) is 78.9 Å². The minimum Gasteiger partial charge on any atom is -1.00 e. The van der Waals surface area contributed by atoms with Gasteiger partial charge in [0.15, 0.2) is 0 Å². The Morgan fingerprint density at radius 3 is 2.08 bits per heavy atom. The number of aryl methyl sites for hydroxylation is 1. The molecule has 0 heterocycles. The van der Waals surface area contributed by atoms with E-state index in [1.807, 2.05) is 18.2 Å². The summed E-state index contributed by atoms with van der Waals surface area (Å²) in [6.45, 7) is 3.01. The molecule has 25 heavy (non-hydrogen) atoms. The average Bonchev–Trinajstić information content (AvgIpc) is 2.62. The summed E-state index contributed by atoms with van der Waals surface area (Å²) in [4.78, 5) is 0. The number of nitrogens with two attached hydrogens (primary N) is 1. The third kappa shape index (κ3) is 5.70. The molecule has 0 aliphatic heterocycles. The SMILES string of the molecule is Cc1ccc(C[C@@H]([NH2+]Cc2ccccc2)c2ccc(F)cc2)cc1.[Cl-]. The van der Waals surface area contributed by atoms with E-state index in [0.717, 1.165) is 18.5 Å². The highest BCUT2D eigenvalue weighted by Gasteiger charge is 2.16. The Morgan fingerprint density at radius 1 is 0.800 bits per heavy atom. The normalized spacial score (nSPS) is 11.6. The van der Waals surface area contributed by atoms with Gasteiger partial charge in [0.1, 0.15) is 18.4 Å². The van der Waals surface area contributed by atoms with E-state index < -0.39 is 0 Å². The molecule has 0 saturated carbocycles. The second-order valence-corrected chi connectivity index (χ2v) is 6.27. The van der Waals surface area contributed by atoms with E-state index >= 15 is 0 Å². The highest BCUT2D eigenvalue weighted by molar-refractivity contribution is 5.25. The predicted octanol–water partition coefficient (Wildman–Crippen LogP) is 1.19. The summed E-state index contributed by atoms with van der Waals surface area (Å²) in [5, 5.41) is 2.34. The fraction of sp³-hybridized carbons (Fsp3) is 0.182. The second kappa shape index (κ2) is 9.36. The maximum Gasteiger partial charge on any atom is 0.123 e. The molecule has 130 valence electrons. The van der Waals surface area contributed by atoms with Gasteiger partial charge in [-0.15, -0.1) is 0 Å². The lowest BCUT2D eigenvalue weighted by Gasteiger charge is -2.17. The average molecular weight is 356 g/mol. The van der Waals surface area contributed by atoms with E-state index in [1.165, 1.54) is 16.7 Å². The topological polar surface area (TPSA) is 16.6 Å². The van der Waals surface area contributed by atoms with Gasteiger partial charge in [0.25, 0.3) is 0 Å². The number of quaternary nitrogens is 1. The Kier molecular flexibility index (Phi) is 7.17. The molecule has 2 N–H and O–H groups in total. The van der Waals surface area contributed by atoms with Gasteiger partial charge in [-0.3, -0.25) is 0 Å². The van der Waals surface area contributed by atoms with E-state index in [9.17, 15) is 4.39 Å². The largest absolute Gasteiger partial charge is 1.00 e. The zero-order valence-corrected chi connectivity index (χ0v) is 15.1. The summed E-state index contributed by atoms with van der Waals surface area (Å²) in [7, 11) is 0. The van der Waals surface area contributed by atoms with Crippen molar-refractivity contribution in [2.24, 2.45) is 0 Å². The van der Waals surface area contributed by atoms with E-state index in [-0.39, 0.29) is 24.3 Å². The van der Waals surface area contributed by atoms with Gasteiger partial charge in [-0.1, -0.05) is 72.3 Å². The molecule has 0 aliphatic rings. The van der Waals surface area contributed by atoms with Crippen LogP contribution in [0.4, 0.5) is 4.39 Å². The highest BCUT2D eigenvalue weighted by atomic mass is 35.5. The second-order valence-electron chi connectivity index (χ2n) is 6.27. The summed E-state index contributed by atoms with van der Waals surface area (Å²) < 4.78 is 13.3. The first-order valence-electron chi connectivity index (χ1n) is 8.39. The summed E-state index contributed by atoms with van der Waals surface area (Å²) in [5.74, 6) is -0.184. The Balaban J connectivity index is 0.00000225. The minimum atomic E-state index is -0.184. The zero-order chi connectivity index (χ0) is 16.8. The molecule has 0 spiro atoms. The number of hydrogen-bond acceptors (Lipinski definition) is 0. The molecule has 0 aromatic heterocycles. The summed E-state index contributed by atoms with van der Waals surface area (Å²) >= 11 is 0. The van der Waals surface area contributed by atoms with E-state index in [2.05, 4.69) is 60.8 Å². The Labute approximate surface area is 155 Å². The first-order valence-corrected chi connectivity index (χ1v) is 8.39. The van der Waals surface area contributed by atoms with Gasteiger partial charge < -0.3 is 17.7 Å². The van der Waals surface area contributed by atoms with Gasteiger partial charge in [0, 0.05) is 17.5 Å². The molecular weight excluding hydrogens is 333 g/mol. The van der Waals surface area contributed by atoms with Crippen molar-refractivity contribution in [1.82, 2.24) is 0 Å². The minimum absolute atomic E-state index is 0. The van der Waals surface area contributed by atoms with Crippen molar-refractivity contribution < 1.29 is 22.1 Å². The Bertz CT molecular complexity index is 754. The van der Waals surface area contributed by atoms with Gasteiger partial charge in [-0.05, 0) is 24.6 Å². The molecule has 0 bridgehead atoms. The molecule has 3 aromatic carbocycles. The smallest absolute Gasteiger partial charge is 0.123 e. The zero-order valence-electron chi connectivity index (χ0n) is 14.3. The maximum atomic E-state index is 13.3. The number of hydrogen-bond donors (Lipinski definition) is 1. The molecule has 1 nitrogen and oxygen atoms in total. The van der Waals surface area contributed by atoms with Crippen LogP contribution in [0.25, 0.3) is 0 Å². The molecule has 3 aromatic rings. The molecule has 0 fully saturated rings. The fourth-order valence-electron chi connectivity index (χ4n) is 2.92. The van der Waals surface area contributed by atoms with Gasteiger partial charge in [-0.2, -0.15) is 0 Å². The third-order valence-electron chi connectivity index (χ3n) is 4.36. The monoisotopic (exact) mass is 355 g/mol. The van der Waals surface area contributed by atoms with Gasteiger partial charge in [0.2, 0.25) is 0 Å². The Hall–Kier alpha value is -2.16. The van der Waals surface area contributed by atoms with Gasteiger partial charge in [-0.25, -0.2) is 4.39 Å². The van der Waals surface area contributed by atoms with Gasteiger partial charge in [0.05, 0.1) is 0 Å². The van der Waals surface area contributed by atoms with Crippen LogP contribution < -0.4 is 17.7 Å². The first kappa shape index (κ1) is 19.2. The molecule has 0 unspecified atom stereocenters. The third-order valence-corrected chi connectivity index (χ3v) is 4.36. The van der Waals surface area contributed by atoms with Crippen LogP contribution in [0.2, 0.25) is 0 Å². The quantitative estimate of drug-likeness (QED) is 0.684. The molecule has 1 atom stereocenters. The Morgan fingerprint density at radius 2 is 1.44 bits per heavy atom. The first-order chi connectivity index (χ1) is 11.7. The van der Waals surface area contributed by atoms with Crippen molar-refractivity contribution in [2.45, 2.75) is 25.9 Å². The van der Waals surface area contributed by atoms with Crippen LogP contribution >= 0.6 is 0 Å².